The van der Waals surface area contributed by atoms with Gasteiger partial charge in [-0.25, -0.2) is 9.97 Å². The second kappa shape index (κ2) is 3.40. The lowest BCUT2D eigenvalue weighted by Gasteiger charge is -2.01. The van der Waals surface area contributed by atoms with Crippen LogP contribution in [0.5, 0.6) is 0 Å². The number of aromatic amines is 1. The number of fused-ring (bicyclic) bond motifs is 1. The molecule has 0 radical (unpaired) electrons. The number of rotatable bonds is 2. The third kappa shape index (κ3) is 1.50. The Morgan fingerprint density at radius 1 is 1.43 bits per heavy atom. The number of hydrogen-bond donors (Lipinski definition) is 1. The van der Waals surface area contributed by atoms with Crippen molar-refractivity contribution in [1.29, 1.82) is 0 Å². The molecule has 3 heteroatoms. The van der Waals surface area contributed by atoms with Crippen molar-refractivity contribution in [3.8, 4) is 0 Å². The SMILES string of the molecule is CCc1cc2nc(C(C)C)ncc2[nH]1. The van der Waals surface area contributed by atoms with Crippen molar-refractivity contribution in [2.45, 2.75) is 33.1 Å². The highest BCUT2D eigenvalue weighted by atomic mass is 14.9. The average molecular weight is 189 g/mol. The summed E-state index contributed by atoms with van der Waals surface area (Å²) in [6.07, 6.45) is 2.88. The maximum atomic E-state index is 4.50. The zero-order chi connectivity index (χ0) is 10.1. The van der Waals surface area contributed by atoms with Crippen LogP contribution < -0.4 is 0 Å². The van der Waals surface area contributed by atoms with Crippen molar-refractivity contribution in [1.82, 2.24) is 15.0 Å². The van der Waals surface area contributed by atoms with Gasteiger partial charge in [-0.3, -0.25) is 0 Å². The van der Waals surface area contributed by atoms with E-state index in [1.807, 2.05) is 6.20 Å². The van der Waals surface area contributed by atoms with Gasteiger partial charge in [0.2, 0.25) is 0 Å². The molecule has 0 bridgehead atoms. The minimum atomic E-state index is 0.388. The van der Waals surface area contributed by atoms with E-state index in [1.54, 1.807) is 0 Å². The fraction of sp³-hybridized carbons (Fsp3) is 0.455. The van der Waals surface area contributed by atoms with Gasteiger partial charge in [0.25, 0.3) is 0 Å². The van der Waals surface area contributed by atoms with Crippen molar-refractivity contribution in [2.24, 2.45) is 0 Å². The van der Waals surface area contributed by atoms with Crippen LogP contribution >= 0.6 is 0 Å². The van der Waals surface area contributed by atoms with E-state index in [9.17, 15) is 0 Å². The van der Waals surface area contributed by atoms with Gasteiger partial charge in [-0.1, -0.05) is 20.8 Å². The van der Waals surface area contributed by atoms with Gasteiger partial charge in [0.15, 0.2) is 0 Å². The van der Waals surface area contributed by atoms with Gasteiger partial charge < -0.3 is 4.98 Å². The molecule has 0 aliphatic heterocycles. The van der Waals surface area contributed by atoms with Crippen LogP contribution in [0.4, 0.5) is 0 Å². The maximum Gasteiger partial charge on any atom is 0.131 e. The number of nitrogens with one attached hydrogen (secondary N) is 1. The van der Waals surface area contributed by atoms with E-state index < -0.39 is 0 Å². The van der Waals surface area contributed by atoms with Gasteiger partial charge in [0.05, 0.1) is 17.2 Å². The number of hydrogen-bond acceptors (Lipinski definition) is 2. The molecule has 14 heavy (non-hydrogen) atoms. The van der Waals surface area contributed by atoms with Gasteiger partial charge in [0, 0.05) is 11.6 Å². The molecule has 74 valence electrons. The lowest BCUT2D eigenvalue weighted by Crippen LogP contribution is -1.95. The van der Waals surface area contributed by atoms with Crippen LogP contribution in [0.1, 0.15) is 38.2 Å². The first kappa shape index (κ1) is 9.19. The molecule has 2 aromatic heterocycles. The Hall–Kier alpha value is -1.38. The third-order valence-corrected chi connectivity index (χ3v) is 2.34. The van der Waals surface area contributed by atoms with Gasteiger partial charge in [0.1, 0.15) is 5.82 Å². The summed E-state index contributed by atoms with van der Waals surface area (Å²) in [5, 5.41) is 0. The fourth-order valence-electron chi connectivity index (χ4n) is 1.46. The average Bonchev–Trinajstić information content (AvgIpc) is 2.58. The summed E-state index contributed by atoms with van der Waals surface area (Å²) in [5.41, 5.74) is 3.28. The van der Waals surface area contributed by atoms with Gasteiger partial charge in [-0.05, 0) is 12.5 Å². The lowest BCUT2D eigenvalue weighted by molar-refractivity contribution is 0.783. The predicted octanol–water partition coefficient (Wildman–Crippen LogP) is 2.64. The van der Waals surface area contributed by atoms with Crippen molar-refractivity contribution < 1.29 is 0 Å². The molecule has 2 rings (SSSR count). The van der Waals surface area contributed by atoms with Crippen LogP contribution in [0.2, 0.25) is 0 Å². The molecule has 1 N–H and O–H groups in total. The molecule has 0 aliphatic rings. The number of aryl methyl sites for hydroxylation is 1. The van der Waals surface area contributed by atoms with E-state index in [-0.39, 0.29) is 0 Å². The highest BCUT2D eigenvalue weighted by molar-refractivity contribution is 5.75. The first-order valence-electron chi connectivity index (χ1n) is 5.05. The van der Waals surface area contributed by atoms with E-state index in [4.69, 9.17) is 0 Å². The Morgan fingerprint density at radius 2 is 2.21 bits per heavy atom. The molecule has 0 amide bonds. The Bertz CT molecular complexity index is 443. The molecule has 0 spiro atoms. The fourth-order valence-corrected chi connectivity index (χ4v) is 1.46. The molecule has 0 fully saturated rings. The Kier molecular flexibility index (Phi) is 2.23. The molecule has 2 aromatic rings. The summed E-state index contributed by atoms with van der Waals surface area (Å²) >= 11 is 0. The quantitative estimate of drug-likeness (QED) is 0.789. The first-order chi connectivity index (χ1) is 6.70. The summed E-state index contributed by atoms with van der Waals surface area (Å²) < 4.78 is 0. The molecular formula is C11H15N3. The third-order valence-electron chi connectivity index (χ3n) is 2.34. The standard InChI is InChI=1S/C11H15N3/c1-4-8-5-9-10(13-8)6-12-11(14-9)7(2)3/h5-7,13H,4H2,1-3H3. The van der Waals surface area contributed by atoms with Crippen LogP contribution in [-0.2, 0) is 6.42 Å². The van der Waals surface area contributed by atoms with E-state index in [2.05, 4.69) is 41.8 Å². The summed E-state index contributed by atoms with van der Waals surface area (Å²) in [4.78, 5) is 12.1. The molecular weight excluding hydrogens is 174 g/mol. The number of nitrogens with zero attached hydrogens (tertiary/aromatic N) is 2. The highest BCUT2D eigenvalue weighted by Crippen LogP contribution is 2.15. The Morgan fingerprint density at radius 3 is 2.86 bits per heavy atom. The largest absolute Gasteiger partial charge is 0.356 e. The minimum absolute atomic E-state index is 0.388. The minimum Gasteiger partial charge on any atom is -0.356 e. The summed E-state index contributed by atoms with van der Waals surface area (Å²) in [6.45, 7) is 6.34. The smallest absolute Gasteiger partial charge is 0.131 e. The zero-order valence-corrected chi connectivity index (χ0v) is 8.83. The topological polar surface area (TPSA) is 41.6 Å². The molecule has 0 saturated heterocycles. The highest BCUT2D eigenvalue weighted by Gasteiger charge is 2.05. The molecule has 2 heterocycles. The number of H-pyrrole nitrogens is 1. The van der Waals surface area contributed by atoms with Gasteiger partial charge >= 0.3 is 0 Å². The Balaban J connectivity index is 2.54. The van der Waals surface area contributed by atoms with Crippen LogP contribution in [0.3, 0.4) is 0 Å². The molecule has 0 aromatic carbocycles. The second-order valence-corrected chi connectivity index (χ2v) is 3.83. The van der Waals surface area contributed by atoms with Crippen LogP contribution in [0.15, 0.2) is 12.3 Å². The predicted molar refractivity (Wildman–Crippen MR) is 57.4 cm³/mol. The van der Waals surface area contributed by atoms with Gasteiger partial charge in [-0.15, -0.1) is 0 Å². The lowest BCUT2D eigenvalue weighted by atomic mass is 10.2. The first-order valence-corrected chi connectivity index (χ1v) is 5.05. The second-order valence-electron chi connectivity index (χ2n) is 3.83. The van der Waals surface area contributed by atoms with Crippen LogP contribution in [0.25, 0.3) is 11.0 Å². The summed E-state index contributed by atoms with van der Waals surface area (Å²) in [5.74, 6) is 1.30. The summed E-state index contributed by atoms with van der Waals surface area (Å²) in [7, 11) is 0. The molecule has 0 unspecified atom stereocenters. The molecule has 0 aliphatic carbocycles. The van der Waals surface area contributed by atoms with Crippen molar-refractivity contribution in [3.05, 3.63) is 23.8 Å². The van der Waals surface area contributed by atoms with Crippen molar-refractivity contribution >= 4 is 11.0 Å². The Labute approximate surface area is 83.6 Å². The normalized spacial score (nSPS) is 11.4. The summed E-state index contributed by atoms with van der Waals surface area (Å²) in [6, 6.07) is 2.10. The van der Waals surface area contributed by atoms with Crippen molar-refractivity contribution in [3.63, 3.8) is 0 Å². The van der Waals surface area contributed by atoms with Crippen LogP contribution in [-0.4, -0.2) is 15.0 Å². The van der Waals surface area contributed by atoms with Crippen LogP contribution in [0, 0.1) is 0 Å². The molecule has 0 saturated carbocycles. The zero-order valence-electron chi connectivity index (χ0n) is 8.83. The monoisotopic (exact) mass is 189 g/mol. The van der Waals surface area contributed by atoms with E-state index >= 15 is 0 Å². The number of aromatic nitrogens is 3. The van der Waals surface area contributed by atoms with E-state index in [1.165, 1.54) is 5.69 Å². The molecule has 3 nitrogen and oxygen atoms in total. The van der Waals surface area contributed by atoms with E-state index in [0.29, 0.717) is 5.92 Å². The van der Waals surface area contributed by atoms with Crippen molar-refractivity contribution in [2.75, 3.05) is 0 Å². The van der Waals surface area contributed by atoms with Gasteiger partial charge in [-0.2, -0.15) is 0 Å². The molecule has 0 atom stereocenters. The van der Waals surface area contributed by atoms with E-state index in [0.717, 1.165) is 23.3 Å². The maximum absolute atomic E-state index is 4.50.